The summed E-state index contributed by atoms with van der Waals surface area (Å²) in [7, 11) is 0. The smallest absolute Gasteiger partial charge is 0.131 e. The van der Waals surface area contributed by atoms with E-state index in [4.69, 9.17) is 0 Å². The Hall–Kier alpha value is -1.31. The lowest BCUT2D eigenvalue weighted by Gasteiger charge is -2.08. The number of hydrogen-bond donors (Lipinski definition) is 1. The van der Waals surface area contributed by atoms with E-state index in [1.54, 1.807) is 6.92 Å². The van der Waals surface area contributed by atoms with Gasteiger partial charge in [0, 0.05) is 18.7 Å². The van der Waals surface area contributed by atoms with Gasteiger partial charge in [-0.1, -0.05) is 26.0 Å². The van der Waals surface area contributed by atoms with Crippen molar-refractivity contribution in [2.45, 2.75) is 33.6 Å². The third kappa shape index (κ3) is 4.96. The fraction of sp³-hybridized carbons (Fsp3) is 0.500. The van der Waals surface area contributed by atoms with Gasteiger partial charge in [0.1, 0.15) is 5.78 Å². The molecule has 2 heteroatoms. The SMILES string of the molecule is CC(=O)CCNc1ccc(CC(C)C)cc1. The van der Waals surface area contributed by atoms with Gasteiger partial charge in [0.2, 0.25) is 0 Å². The Bertz CT molecular complexity index is 327. The highest BCUT2D eigenvalue weighted by molar-refractivity contribution is 5.76. The van der Waals surface area contributed by atoms with E-state index in [0.29, 0.717) is 12.3 Å². The standard InChI is InChI=1S/C14H21NO/c1-11(2)10-13-4-6-14(7-5-13)15-9-8-12(3)16/h4-7,11,15H,8-10H2,1-3H3. The van der Waals surface area contributed by atoms with Gasteiger partial charge < -0.3 is 5.32 Å². The zero-order chi connectivity index (χ0) is 12.0. The molecule has 0 aliphatic rings. The second-order valence-corrected chi connectivity index (χ2v) is 4.67. The Morgan fingerprint density at radius 1 is 1.25 bits per heavy atom. The van der Waals surface area contributed by atoms with Crippen molar-refractivity contribution in [2.75, 3.05) is 11.9 Å². The molecule has 1 N–H and O–H groups in total. The maximum Gasteiger partial charge on any atom is 0.131 e. The van der Waals surface area contributed by atoms with Crippen LogP contribution in [-0.2, 0) is 11.2 Å². The molecule has 2 nitrogen and oxygen atoms in total. The lowest BCUT2D eigenvalue weighted by Crippen LogP contribution is -2.05. The number of rotatable bonds is 6. The molecular weight excluding hydrogens is 198 g/mol. The van der Waals surface area contributed by atoms with Gasteiger partial charge in [0.15, 0.2) is 0 Å². The van der Waals surface area contributed by atoms with Crippen molar-refractivity contribution in [1.29, 1.82) is 0 Å². The van der Waals surface area contributed by atoms with Crippen LogP contribution in [0.15, 0.2) is 24.3 Å². The molecule has 0 bridgehead atoms. The van der Waals surface area contributed by atoms with Crippen molar-refractivity contribution in [1.82, 2.24) is 0 Å². The molecule has 0 atom stereocenters. The Morgan fingerprint density at radius 3 is 2.38 bits per heavy atom. The molecule has 0 aliphatic heterocycles. The number of benzene rings is 1. The molecule has 0 fully saturated rings. The predicted molar refractivity (Wildman–Crippen MR) is 68.8 cm³/mol. The molecule has 0 amide bonds. The van der Waals surface area contributed by atoms with Crippen LogP contribution in [-0.4, -0.2) is 12.3 Å². The van der Waals surface area contributed by atoms with Gasteiger partial charge in [-0.2, -0.15) is 0 Å². The van der Waals surface area contributed by atoms with Crippen LogP contribution in [0.3, 0.4) is 0 Å². The Balaban J connectivity index is 2.42. The molecule has 0 saturated heterocycles. The largest absolute Gasteiger partial charge is 0.385 e. The maximum absolute atomic E-state index is 10.8. The summed E-state index contributed by atoms with van der Waals surface area (Å²) in [5, 5.41) is 3.24. The average molecular weight is 219 g/mol. The summed E-state index contributed by atoms with van der Waals surface area (Å²) in [6.45, 7) is 6.78. The fourth-order valence-electron chi connectivity index (χ4n) is 1.61. The minimum atomic E-state index is 0.226. The Morgan fingerprint density at radius 2 is 1.88 bits per heavy atom. The number of Topliss-reactive ketones (excluding diaryl/α,β-unsaturated/α-hetero) is 1. The summed E-state index contributed by atoms with van der Waals surface area (Å²) in [5.74, 6) is 0.917. The van der Waals surface area contributed by atoms with Gasteiger partial charge in [-0.25, -0.2) is 0 Å². The summed E-state index contributed by atoms with van der Waals surface area (Å²) in [5.41, 5.74) is 2.46. The van der Waals surface area contributed by atoms with Crippen LogP contribution in [0.5, 0.6) is 0 Å². The molecule has 16 heavy (non-hydrogen) atoms. The van der Waals surface area contributed by atoms with E-state index < -0.39 is 0 Å². The predicted octanol–water partition coefficient (Wildman–Crippen LogP) is 3.28. The topological polar surface area (TPSA) is 29.1 Å². The fourth-order valence-corrected chi connectivity index (χ4v) is 1.61. The Kier molecular flexibility index (Phi) is 5.03. The first-order chi connectivity index (χ1) is 7.58. The van der Waals surface area contributed by atoms with E-state index in [0.717, 1.165) is 18.7 Å². The summed E-state index contributed by atoms with van der Waals surface area (Å²) < 4.78 is 0. The highest BCUT2D eigenvalue weighted by Crippen LogP contribution is 2.12. The number of anilines is 1. The van der Waals surface area contributed by atoms with Crippen molar-refractivity contribution in [2.24, 2.45) is 5.92 Å². The molecule has 88 valence electrons. The number of hydrogen-bond acceptors (Lipinski definition) is 2. The van der Waals surface area contributed by atoms with E-state index in [9.17, 15) is 4.79 Å². The molecule has 0 aliphatic carbocycles. The van der Waals surface area contributed by atoms with Crippen molar-refractivity contribution < 1.29 is 4.79 Å². The lowest BCUT2D eigenvalue weighted by molar-refractivity contribution is -0.116. The highest BCUT2D eigenvalue weighted by Gasteiger charge is 1.98. The van der Waals surface area contributed by atoms with Crippen molar-refractivity contribution in [3.8, 4) is 0 Å². The zero-order valence-corrected chi connectivity index (χ0v) is 10.4. The number of nitrogens with one attached hydrogen (secondary N) is 1. The number of carbonyl (C=O) groups excluding carboxylic acids is 1. The van der Waals surface area contributed by atoms with Crippen LogP contribution in [0.1, 0.15) is 32.8 Å². The molecule has 0 spiro atoms. The van der Waals surface area contributed by atoms with Gasteiger partial charge >= 0.3 is 0 Å². The first-order valence-electron chi connectivity index (χ1n) is 5.90. The quantitative estimate of drug-likeness (QED) is 0.795. The van der Waals surface area contributed by atoms with Gasteiger partial charge in [-0.05, 0) is 37.0 Å². The third-order valence-electron chi connectivity index (χ3n) is 2.40. The maximum atomic E-state index is 10.8. The number of carbonyl (C=O) groups is 1. The molecule has 0 radical (unpaired) electrons. The number of ketones is 1. The van der Waals surface area contributed by atoms with Gasteiger partial charge in [0.05, 0.1) is 0 Å². The lowest BCUT2D eigenvalue weighted by atomic mass is 10.0. The average Bonchev–Trinajstić information content (AvgIpc) is 2.19. The summed E-state index contributed by atoms with van der Waals surface area (Å²) in [4.78, 5) is 10.8. The Labute approximate surface area is 98.1 Å². The minimum Gasteiger partial charge on any atom is -0.385 e. The second-order valence-electron chi connectivity index (χ2n) is 4.67. The normalized spacial score (nSPS) is 10.5. The summed E-state index contributed by atoms with van der Waals surface area (Å²) in [6.07, 6.45) is 1.71. The van der Waals surface area contributed by atoms with Crippen molar-refractivity contribution in [3.63, 3.8) is 0 Å². The van der Waals surface area contributed by atoms with Crippen molar-refractivity contribution in [3.05, 3.63) is 29.8 Å². The monoisotopic (exact) mass is 219 g/mol. The van der Waals surface area contributed by atoms with Crippen LogP contribution < -0.4 is 5.32 Å². The molecule has 0 aromatic heterocycles. The van der Waals surface area contributed by atoms with E-state index in [1.807, 2.05) is 0 Å². The third-order valence-corrected chi connectivity index (χ3v) is 2.40. The molecule has 1 rings (SSSR count). The van der Waals surface area contributed by atoms with Gasteiger partial charge in [-0.15, -0.1) is 0 Å². The van der Waals surface area contributed by atoms with Crippen LogP contribution >= 0.6 is 0 Å². The molecule has 0 heterocycles. The zero-order valence-electron chi connectivity index (χ0n) is 10.4. The van der Waals surface area contributed by atoms with Crippen LogP contribution in [0, 0.1) is 5.92 Å². The first-order valence-corrected chi connectivity index (χ1v) is 5.90. The van der Waals surface area contributed by atoms with Crippen LogP contribution in [0.4, 0.5) is 5.69 Å². The van der Waals surface area contributed by atoms with E-state index in [2.05, 4.69) is 43.4 Å². The van der Waals surface area contributed by atoms with E-state index in [1.165, 1.54) is 5.56 Å². The molecule has 1 aromatic rings. The molecule has 1 aromatic carbocycles. The summed E-state index contributed by atoms with van der Waals surface area (Å²) >= 11 is 0. The van der Waals surface area contributed by atoms with Gasteiger partial charge in [0.25, 0.3) is 0 Å². The van der Waals surface area contributed by atoms with E-state index >= 15 is 0 Å². The highest BCUT2D eigenvalue weighted by atomic mass is 16.1. The molecular formula is C14H21NO. The second kappa shape index (κ2) is 6.31. The van der Waals surface area contributed by atoms with Gasteiger partial charge in [-0.3, -0.25) is 4.79 Å². The minimum absolute atomic E-state index is 0.226. The molecule has 0 unspecified atom stereocenters. The van der Waals surface area contributed by atoms with Crippen LogP contribution in [0.2, 0.25) is 0 Å². The molecule has 0 saturated carbocycles. The van der Waals surface area contributed by atoms with Crippen LogP contribution in [0.25, 0.3) is 0 Å². The first kappa shape index (κ1) is 12.8. The summed E-state index contributed by atoms with van der Waals surface area (Å²) in [6, 6.07) is 8.46. The van der Waals surface area contributed by atoms with E-state index in [-0.39, 0.29) is 5.78 Å². The van der Waals surface area contributed by atoms with Crippen molar-refractivity contribution >= 4 is 11.5 Å².